The summed E-state index contributed by atoms with van der Waals surface area (Å²) in [6.07, 6.45) is 45.2. The molecule has 25 nitrogen and oxygen atoms in total. The minimum atomic E-state index is -1.40. The van der Waals surface area contributed by atoms with E-state index in [1.165, 1.54) is 129 Å². The van der Waals surface area contributed by atoms with Crippen LogP contribution < -0.4 is 21.3 Å². The highest BCUT2D eigenvalue weighted by Gasteiger charge is 2.47. The van der Waals surface area contributed by atoms with E-state index in [1.807, 2.05) is 0 Å². The van der Waals surface area contributed by atoms with Gasteiger partial charge in [-0.25, -0.2) is 0 Å². The second kappa shape index (κ2) is 63.9. The van der Waals surface area contributed by atoms with E-state index in [4.69, 9.17) is 47.4 Å². The molecular formula is C80H145N5O20. The Balaban J connectivity index is 1.46. The molecule has 0 aromatic heterocycles. The van der Waals surface area contributed by atoms with Crippen LogP contribution in [0.25, 0.3) is 0 Å². The fourth-order valence-electron chi connectivity index (χ4n) is 13.1. The molecule has 3 aliphatic rings. The Morgan fingerprint density at radius 3 is 1.20 bits per heavy atom. The molecule has 0 aromatic rings. The van der Waals surface area contributed by atoms with E-state index in [-0.39, 0.29) is 70.8 Å². The molecule has 0 aliphatic carbocycles. The molecule has 0 spiro atoms. The van der Waals surface area contributed by atoms with Crippen molar-refractivity contribution >= 4 is 23.6 Å². The minimum absolute atomic E-state index is 0.0299. The molecule has 25 heteroatoms. The first-order chi connectivity index (χ1) is 51.2. The lowest BCUT2D eigenvalue weighted by atomic mass is 9.97. The van der Waals surface area contributed by atoms with Crippen LogP contribution in [0.15, 0.2) is 48.6 Å². The van der Waals surface area contributed by atoms with Gasteiger partial charge >= 0.3 is 0 Å². The van der Waals surface area contributed by atoms with Crippen molar-refractivity contribution in [3.63, 3.8) is 0 Å². The number of nitrogens with zero attached hydrogens (tertiary/aromatic N) is 1. The molecule has 0 bridgehead atoms. The number of nitrogens with one attached hydrogen (secondary N) is 4. The molecule has 610 valence electrons. The first-order valence-electron chi connectivity index (χ1n) is 40.7. The number of hydrogen-bond acceptors (Lipinski definition) is 21. The van der Waals surface area contributed by atoms with Crippen molar-refractivity contribution in [2.75, 3.05) is 119 Å². The monoisotopic (exact) mass is 1500 g/mol. The zero-order valence-electron chi connectivity index (χ0n) is 65.1. The smallest absolute Gasteiger partial charge is 0.220 e. The normalized spacial score (nSPS) is 22.7. The van der Waals surface area contributed by atoms with Crippen molar-refractivity contribution in [3.8, 4) is 0 Å². The van der Waals surface area contributed by atoms with Crippen LogP contribution in [0.4, 0.5) is 0 Å². The number of unbranched alkanes of at least 4 members (excludes halogenated alkanes) is 22. The average Bonchev–Trinajstić information content (AvgIpc) is 1.38. The van der Waals surface area contributed by atoms with Gasteiger partial charge in [-0.1, -0.05) is 152 Å². The van der Waals surface area contributed by atoms with Crippen LogP contribution in [0.1, 0.15) is 246 Å². The second-order valence-corrected chi connectivity index (χ2v) is 28.3. The fourth-order valence-corrected chi connectivity index (χ4v) is 13.1. The van der Waals surface area contributed by atoms with E-state index < -0.39 is 92.1 Å². The van der Waals surface area contributed by atoms with Crippen LogP contribution in [0.2, 0.25) is 0 Å². The maximum atomic E-state index is 12.9. The number of aliphatic hydroxyl groups is 6. The number of ether oxygens (including phenoxy) is 10. The van der Waals surface area contributed by atoms with Crippen LogP contribution >= 0.6 is 0 Å². The molecule has 0 radical (unpaired) electrons. The zero-order valence-corrected chi connectivity index (χ0v) is 65.1. The third-order valence-electron chi connectivity index (χ3n) is 19.1. The van der Waals surface area contributed by atoms with Crippen molar-refractivity contribution in [1.82, 2.24) is 26.2 Å². The lowest BCUT2D eigenvalue weighted by molar-refractivity contribution is -0.272. The Labute approximate surface area is 630 Å². The first kappa shape index (κ1) is 95.4. The number of rotatable bonds is 68. The first-order valence-corrected chi connectivity index (χ1v) is 40.7. The maximum absolute atomic E-state index is 12.9. The van der Waals surface area contributed by atoms with Crippen molar-refractivity contribution in [2.24, 2.45) is 0 Å². The molecule has 0 saturated carbocycles. The molecule has 0 aromatic carbocycles. The van der Waals surface area contributed by atoms with E-state index >= 15 is 0 Å². The Bertz CT molecular complexity index is 2130. The van der Waals surface area contributed by atoms with Crippen LogP contribution in [0.3, 0.4) is 0 Å². The van der Waals surface area contributed by atoms with Crippen molar-refractivity contribution in [3.05, 3.63) is 48.6 Å². The second-order valence-electron chi connectivity index (χ2n) is 28.3. The van der Waals surface area contributed by atoms with Gasteiger partial charge in [0.05, 0.1) is 92.0 Å². The van der Waals surface area contributed by atoms with E-state index in [1.54, 1.807) is 0 Å². The van der Waals surface area contributed by atoms with Crippen LogP contribution in [-0.4, -0.2) is 251 Å². The summed E-state index contributed by atoms with van der Waals surface area (Å²) in [5.41, 5.74) is 0. The molecule has 3 heterocycles. The minimum Gasteiger partial charge on any atom is -0.394 e. The van der Waals surface area contributed by atoms with Crippen LogP contribution in [0.5, 0.6) is 0 Å². The van der Waals surface area contributed by atoms with Gasteiger partial charge in [-0.3, -0.25) is 19.2 Å². The van der Waals surface area contributed by atoms with Gasteiger partial charge in [0.25, 0.3) is 0 Å². The number of aliphatic hydroxyl groups excluding tert-OH is 6. The van der Waals surface area contributed by atoms with E-state index in [0.717, 1.165) is 110 Å². The van der Waals surface area contributed by atoms with Crippen molar-refractivity contribution in [1.29, 1.82) is 0 Å². The molecule has 3 saturated heterocycles. The summed E-state index contributed by atoms with van der Waals surface area (Å²) in [4.78, 5) is 51.6. The predicted octanol–water partition coefficient (Wildman–Crippen LogP) is 9.15. The summed E-state index contributed by atoms with van der Waals surface area (Å²) in [6.45, 7) is 11.9. The van der Waals surface area contributed by atoms with Crippen molar-refractivity contribution < 1.29 is 97.2 Å². The van der Waals surface area contributed by atoms with Crippen LogP contribution in [-0.2, 0) is 66.5 Å². The number of carbonyl (C=O) groups excluding carboxylic acids is 4. The summed E-state index contributed by atoms with van der Waals surface area (Å²) < 4.78 is 58.9. The highest BCUT2D eigenvalue weighted by molar-refractivity contribution is 5.76. The Morgan fingerprint density at radius 2 is 0.810 bits per heavy atom. The molecule has 11 atom stereocenters. The largest absolute Gasteiger partial charge is 0.394 e. The molecule has 105 heavy (non-hydrogen) atoms. The Kier molecular flexibility index (Phi) is 58.0. The van der Waals surface area contributed by atoms with Crippen LogP contribution in [0, 0.1) is 0 Å². The quantitative estimate of drug-likeness (QED) is 0.0200. The predicted molar refractivity (Wildman–Crippen MR) is 407 cm³/mol. The van der Waals surface area contributed by atoms with Gasteiger partial charge in [0, 0.05) is 59.2 Å². The van der Waals surface area contributed by atoms with Gasteiger partial charge in [-0.05, 0) is 116 Å². The Hall–Kier alpha value is -3.84. The third-order valence-corrected chi connectivity index (χ3v) is 19.1. The third kappa shape index (κ3) is 47.1. The van der Waals surface area contributed by atoms with Gasteiger partial charge in [-0.15, -0.1) is 0 Å². The van der Waals surface area contributed by atoms with Gasteiger partial charge in [0.15, 0.2) is 18.4 Å². The molecule has 4 amide bonds. The number of amides is 4. The van der Waals surface area contributed by atoms with Gasteiger partial charge in [0.1, 0.15) is 48.7 Å². The summed E-state index contributed by atoms with van der Waals surface area (Å²) in [5.74, 6) is -1.51. The van der Waals surface area contributed by atoms with E-state index in [0.29, 0.717) is 45.8 Å². The standard InChI is InChI=1S/C80H145N5O20/c1-5-7-9-11-13-15-17-19-21-23-25-27-29-31-33-39-45-80(46-40-34-32-30-28-26-24-22-20-18-16-14-12-10-8-6-2)102-64-67(105-80)61-85(49-41-35-37-43-70(90)81-47-51-96-53-55-98-57-59-100-78-72(83-65(3)88)76(94)74(92)68(62-86)103-78)50-42-36-38-44-71(91)82-48-52-97-54-56-99-58-60-101-79-73(84-66(4)89)77(95)75(93)69(63-87)104-79/h13-16,19-22,67-69,72-79,86-87,92-95H,5-12,17-18,23-64H2,1-4H3,(H,81,90)(H,82,91)(H,83,88)(H,84,89)/b15-13-,16-14-,21-19-,22-20-/t67-,68?,69?,72-,73-,74-,75-,76?,77?,78+,79+/m0/s1. The Morgan fingerprint density at radius 1 is 0.448 bits per heavy atom. The summed E-state index contributed by atoms with van der Waals surface area (Å²) in [6, 6.07) is -2.06. The molecule has 3 rings (SSSR count). The molecular weight excluding hydrogens is 1350 g/mol. The highest BCUT2D eigenvalue weighted by Crippen LogP contribution is 2.36. The van der Waals surface area contributed by atoms with Gasteiger partial charge < -0.3 is 104 Å². The van der Waals surface area contributed by atoms with E-state index in [9.17, 15) is 49.8 Å². The zero-order chi connectivity index (χ0) is 76.1. The average molecular weight is 1500 g/mol. The van der Waals surface area contributed by atoms with Gasteiger partial charge in [0.2, 0.25) is 23.6 Å². The van der Waals surface area contributed by atoms with Crippen molar-refractivity contribution in [2.45, 2.75) is 319 Å². The molecule has 3 fully saturated rings. The number of carbonyl (C=O) groups is 4. The number of allylic oxidation sites excluding steroid dienone is 8. The summed E-state index contributed by atoms with van der Waals surface area (Å²) >= 11 is 0. The highest BCUT2D eigenvalue weighted by atomic mass is 16.7. The topological polar surface area (TPSA) is 333 Å². The molecule has 3 aliphatic heterocycles. The van der Waals surface area contributed by atoms with E-state index in [2.05, 4.69) is 88.6 Å². The van der Waals surface area contributed by atoms with Gasteiger partial charge in [-0.2, -0.15) is 0 Å². The lowest BCUT2D eigenvalue weighted by Gasteiger charge is -2.42. The number of hydrogen-bond donors (Lipinski definition) is 10. The SMILES string of the molecule is CCCCC/C=C\C/C=C\CCCCCCCCC1(CCCCCCCC/C=C\C/C=C\CCCCC)OC[C@H](CN(CCCCCC(=O)NCCOCCOCCO[C@@H]2OC(CO)[C@H](O)C(O)[C@@H]2NC(C)=O)CCCCCC(=O)NCCOCCOCCO[C@@H]2OC(CO)[C@H](O)C(O)[C@@H]2NC(C)=O)O1. The fraction of sp³-hybridized carbons (Fsp3) is 0.850. The molecule has 4 unspecified atom stereocenters. The molecule has 10 N–H and O–H groups in total. The summed E-state index contributed by atoms with van der Waals surface area (Å²) in [7, 11) is 0. The maximum Gasteiger partial charge on any atom is 0.220 e. The lowest BCUT2D eigenvalue weighted by Crippen LogP contribution is -2.64. The summed E-state index contributed by atoms with van der Waals surface area (Å²) in [5, 5.41) is 71.5.